The lowest BCUT2D eigenvalue weighted by atomic mass is 10.2. The predicted octanol–water partition coefficient (Wildman–Crippen LogP) is 1.53. The maximum atomic E-state index is 12.0. The van der Waals surface area contributed by atoms with Crippen molar-refractivity contribution in [3.8, 4) is 0 Å². The molecule has 1 aromatic heterocycles. The molecule has 14 heavy (non-hydrogen) atoms. The third-order valence-electron chi connectivity index (χ3n) is 2.39. The second-order valence-corrected chi connectivity index (χ2v) is 4.42. The molecule has 1 amide bonds. The van der Waals surface area contributed by atoms with Gasteiger partial charge in [-0.3, -0.25) is 4.79 Å². The van der Waals surface area contributed by atoms with Gasteiger partial charge in [-0.05, 0) is 18.4 Å². The minimum atomic E-state index is 0.145. The maximum absolute atomic E-state index is 12.0. The molecule has 1 aromatic rings. The molecule has 1 aliphatic rings. The molecular weight excluding hydrogens is 198 g/mol. The van der Waals surface area contributed by atoms with Crippen LogP contribution in [0.15, 0.2) is 11.4 Å². The number of ether oxygens (including phenoxy) is 1. The number of carbonyl (C=O) groups excluding carboxylic acids is 1. The number of amides is 1. The number of nitrogens with zero attached hydrogens (tertiary/aromatic N) is 1. The molecule has 1 fully saturated rings. The number of aryl methyl sites for hydroxylation is 1. The summed E-state index contributed by atoms with van der Waals surface area (Å²) in [4.78, 5) is 14.9. The van der Waals surface area contributed by atoms with Gasteiger partial charge in [-0.15, -0.1) is 11.3 Å². The molecule has 0 N–H and O–H groups in total. The van der Waals surface area contributed by atoms with E-state index in [0.717, 1.165) is 10.4 Å². The average Bonchev–Trinajstić information content (AvgIpc) is 2.65. The van der Waals surface area contributed by atoms with E-state index >= 15 is 0 Å². The maximum Gasteiger partial charge on any atom is 0.255 e. The third-order valence-corrected chi connectivity index (χ3v) is 3.23. The van der Waals surface area contributed by atoms with Crippen LogP contribution in [0.25, 0.3) is 0 Å². The molecule has 0 saturated carbocycles. The SMILES string of the molecule is Cc1sccc1C(=O)N1CCOCC1. The van der Waals surface area contributed by atoms with E-state index in [1.165, 1.54) is 0 Å². The Balaban J connectivity index is 2.11. The van der Waals surface area contributed by atoms with Crippen LogP contribution < -0.4 is 0 Å². The summed E-state index contributed by atoms with van der Waals surface area (Å²) in [6.45, 7) is 4.74. The van der Waals surface area contributed by atoms with Gasteiger partial charge in [0.1, 0.15) is 0 Å². The zero-order valence-corrected chi connectivity index (χ0v) is 8.97. The first-order chi connectivity index (χ1) is 6.79. The van der Waals surface area contributed by atoms with Gasteiger partial charge in [-0.25, -0.2) is 0 Å². The molecule has 0 spiro atoms. The smallest absolute Gasteiger partial charge is 0.255 e. The lowest BCUT2D eigenvalue weighted by Gasteiger charge is -2.26. The molecule has 1 saturated heterocycles. The topological polar surface area (TPSA) is 29.5 Å². The number of thiophene rings is 1. The average molecular weight is 211 g/mol. The molecule has 2 rings (SSSR count). The summed E-state index contributed by atoms with van der Waals surface area (Å²) in [6, 6.07) is 1.90. The molecule has 76 valence electrons. The molecule has 0 aliphatic carbocycles. The van der Waals surface area contributed by atoms with Crippen molar-refractivity contribution < 1.29 is 9.53 Å². The van der Waals surface area contributed by atoms with E-state index in [0.29, 0.717) is 26.3 Å². The Bertz CT molecular complexity index is 329. The second kappa shape index (κ2) is 4.11. The Labute approximate surface area is 87.3 Å². The van der Waals surface area contributed by atoms with Gasteiger partial charge >= 0.3 is 0 Å². The van der Waals surface area contributed by atoms with Gasteiger partial charge < -0.3 is 9.64 Å². The minimum absolute atomic E-state index is 0.145. The van der Waals surface area contributed by atoms with Crippen LogP contribution in [0.5, 0.6) is 0 Å². The molecule has 0 aromatic carbocycles. The van der Waals surface area contributed by atoms with Crippen LogP contribution in [0.1, 0.15) is 15.2 Å². The summed E-state index contributed by atoms with van der Waals surface area (Å²) in [5, 5.41) is 1.96. The van der Waals surface area contributed by atoms with E-state index in [4.69, 9.17) is 4.74 Å². The predicted molar refractivity (Wildman–Crippen MR) is 55.8 cm³/mol. The lowest BCUT2D eigenvalue weighted by molar-refractivity contribution is 0.0303. The monoisotopic (exact) mass is 211 g/mol. The van der Waals surface area contributed by atoms with Gasteiger partial charge in [0.05, 0.1) is 18.8 Å². The minimum Gasteiger partial charge on any atom is -0.378 e. The molecule has 0 unspecified atom stereocenters. The van der Waals surface area contributed by atoms with Crippen molar-refractivity contribution in [3.63, 3.8) is 0 Å². The summed E-state index contributed by atoms with van der Waals surface area (Å²) >= 11 is 1.62. The molecule has 0 radical (unpaired) electrons. The van der Waals surface area contributed by atoms with E-state index in [1.807, 2.05) is 23.3 Å². The fourth-order valence-electron chi connectivity index (χ4n) is 1.54. The van der Waals surface area contributed by atoms with Crippen molar-refractivity contribution in [2.75, 3.05) is 26.3 Å². The highest BCUT2D eigenvalue weighted by Crippen LogP contribution is 2.17. The Morgan fingerprint density at radius 1 is 1.50 bits per heavy atom. The zero-order valence-electron chi connectivity index (χ0n) is 8.16. The van der Waals surface area contributed by atoms with Crippen molar-refractivity contribution in [1.82, 2.24) is 4.90 Å². The van der Waals surface area contributed by atoms with Crippen LogP contribution in [0.2, 0.25) is 0 Å². The summed E-state index contributed by atoms with van der Waals surface area (Å²) < 4.78 is 5.21. The highest BCUT2D eigenvalue weighted by molar-refractivity contribution is 7.10. The summed E-state index contributed by atoms with van der Waals surface area (Å²) in [7, 11) is 0. The summed E-state index contributed by atoms with van der Waals surface area (Å²) in [5.41, 5.74) is 0.844. The Hall–Kier alpha value is -0.870. The van der Waals surface area contributed by atoms with Gasteiger partial charge in [0.2, 0.25) is 0 Å². The molecule has 1 aliphatic heterocycles. The fraction of sp³-hybridized carbons (Fsp3) is 0.500. The normalized spacial score (nSPS) is 17.1. The van der Waals surface area contributed by atoms with Gasteiger partial charge in [-0.1, -0.05) is 0 Å². The van der Waals surface area contributed by atoms with Gasteiger partial charge in [0, 0.05) is 18.0 Å². The molecule has 2 heterocycles. The van der Waals surface area contributed by atoms with Gasteiger partial charge in [0.25, 0.3) is 5.91 Å². The van der Waals surface area contributed by atoms with Crippen molar-refractivity contribution in [1.29, 1.82) is 0 Å². The zero-order chi connectivity index (χ0) is 9.97. The molecule has 4 heteroatoms. The number of carbonyl (C=O) groups is 1. The van der Waals surface area contributed by atoms with Crippen LogP contribution in [0.4, 0.5) is 0 Å². The Morgan fingerprint density at radius 2 is 2.21 bits per heavy atom. The van der Waals surface area contributed by atoms with E-state index in [2.05, 4.69) is 0 Å². The highest BCUT2D eigenvalue weighted by atomic mass is 32.1. The summed E-state index contributed by atoms with van der Waals surface area (Å²) in [5.74, 6) is 0.145. The van der Waals surface area contributed by atoms with Gasteiger partial charge in [-0.2, -0.15) is 0 Å². The molecule has 0 atom stereocenters. The second-order valence-electron chi connectivity index (χ2n) is 3.30. The van der Waals surface area contributed by atoms with E-state index in [1.54, 1.807) is 11.3 Å². The van der Waals surface area contributed by atoms with E-state index < -0.39 is 0 Å². The number of hydrogen-bond acceptors (Lipinski definition) is 3. The van der Waals surface area contributed by atoms with Crippen LogP contribution >= 0.6 is 11.3 Å². The standard InChI is InChI=1S/C10H13NO2S/c1-8-9(2-7-14-8)10(12)11-3-5-13-6-4-11/h2,7H,3-6H2,1H3. The first kappa shape index (κ1) is 9.68. The fourth-order valence-corrected chi connectivity index (χ4v) is 2.23. The van der Waals surface area contributed by atoms with E-state index in [9.17, 15) is 4.79 Å². The van der Waals surface area contributed by atoms with Crippen LogP contribution in [0.3, 0.4) is 0 Å². The van der Waals surface area contributed by atoms with E-state index in [-0.39, 0.29) is 5.91 Å². The van der Waals surface area contributed by atoms with Crippen LogP contribution in [-0.4, -0.2) is 37.1 Å². The molecule has 0 bridgehead atoms. The first-order valence-electron chi connectivity index (χ1n) is 4.70. The first-order valence-corrected chi connectivity index (χ1v) is 5.58. The molecule has 3 nitrogen and oxygen atoms in total. The number of morpholine rings is 1. The van der Waals surface area contributed by atoms with Crippen molar-refractivity contribution in [2.45, 2.75) is 6.92 Å². The lowest BCUT2D eigenvalue weighted by Crippen LogP contribution is -2.40. The van der Waals surface area contributed by atoms with Gasteiger partial charge in [0.15, 0.2) is 0 Å². The highest BCUT2D eigenvalue weighted by Gasteiger charge is 2.20. The third kappa shape index (κ3) is 1.81. The number of hydrogen-bond donors (Lipinski definition) is 0. The van der Waals surface area contributed by atoms with Crippen LogP contribution in [0, 0.1) is 6.92 Å². The van der Waals surface area contributed by atoms with Crippen molar-refractivity contribution in [3.05, 3.63) is 21.9 Å². The molecular formula is C10H13NO2S. The van der Waals surface area contributed by atoms with Crippen molar-refractivity contribution >= 4 is 17.2 Å². The van der Waals surface area contributed by atoms with Crippen molar-refractivity contribution in [2.24, 2.45) is 0 Å². The summed E-state index contributed by atoms with van der Waals surface area (Å²) in [6.07, 6.45) is 0. The van der Waals surface area contributed by atoms with Crippen LogP contribution in [-0.2, 0) is 4.74 Å². The Morgan fingerprint density at radius 3 is 2.79 bits per heavy atom. The quantitative estimate of drug-likeness (QED) is 0.705. The largest absolute Gasteiger partial charge is 0.378 e. The Kier molecular flexibility index (Phi) is 2.84. The number of rotatable bonds is 1.